The van der Waals surface area contributed by atoms with Crippen LogP contribution in [0.2, 0.25) is 0 Å². The van der Waals surface area contributed by atoms with Crippen LogP contribution in [0.25, 0.3) is 0 Å². The minimum atomic E-state index is -0.590. The van der Waals surface area contributed by atoms with Gasteiger partial charge in [-0.15, -0.1) is 0 Å². The number of hydrogen-bond donors (Lipinski definition) is 2. The Balaban J connectivity index is 1.45. The standard InChI is InChI=1S/C17H25NO4/c1-16(2)11-17(19,6-8-22-16)5-7-18-10-13-3-4-14-15(9-13)21-12-20-14/h3-4,9,18-19H,5-8,10-12H2,1-2H3/p+1/t17-/m1/s1. The van der Waals surface area contributed by atoms with Crippen molar-refractivity contribution in [2.45, 2.75) is 50.9 Å². The van der Waals surface area contributed by atoms with Gasteiger partial charge in [0.2, 0.25) is 6.79 Å². The van der Waals surface area contributed by atoms with Crippen LogP contribution in [0.1, 0.15) is 38.7 Å². The second-order valence-corrected chi connectivity index (χ2v) is 6.98. The normalized spacial score (nSPS) is 26.1. The third kappa shape index (κ3) is 3.72. The number of quaternary nitrogens is 1. The fourth-order valence-corrected chi connectivity index (χ4v) is 3.37. The summed E-state index contributed by atoms with van der Waals surface area (Å²) in [6, 6.07) is 6.06. The first kappa shape index (κ1) is 15.6. The first-order valence-electron chi connectivity index (χ1n) is 8.02. The molecular weight excluding hydrogens is 282 g/mol. The minimum absolute atomic E-state index is 0.218. The Morgan fingerprint density at radius 1 is 1.23 bits per heavy atom. The van der Waals surface area contributed by atoms with Crippen molar-refractivity contribution in [3.8, 4) is 11.5 Å². The van der Waals surface area contributed by atoms with E-state index in [1.807, 2.05) is 26.0 Å². The summed E-state index contributed by atoms with van der Waals surface area (Å²) in [5.74, 6) is 1.65. The summed E-state index contributed by atoms with van der Waals surface area (Å²) >= 11 is 0. The van der Waals surface area contributed by atoms with Crippen molar-refractivity contribution >= 4 is 0 Å². The van der Waals surface area contributed by atoms with Gasteiger partial charge in [0, 0.05) is 18.4 Å². The second-order valence-electron chi connectivity index (χ2n) is 6.98. The first-order chi connectivity index (χ1) is 10.5. The SMILES string of the molecule is CC1(C)C[C@@](O)(CC[NH2+]Cc2ccc3c(c2)OCO3)CCO1. The fraction of sp³-hybridized carbons (Fsp3) is 0.647. The van der Waals surface area contributed by atoms with Gasteiger partial charge in [-0.1, -0.05) is 0 Å². The molecule has 1 aromatic carbocycles. The first-order valence-corrected chi connectivity index (χ1v) is 8.02. The van der Waals surface area contributed by atoms with Crippen molar-refractivity contribution in [1.82, 2.24) is 0 Å². The highest BCUT2D eigenvalue weighted by Gasteiger charge is 2.39. The van der Waals surface area contributed by atoms with Crippen LogP contribution < -0.4 is 14.8 Å². The Kier molecular flexibility index (Phi) is 4.30. The lowest BCUT2D eigenvalue weighted by Gasteiger charge is -2.41. The monoisotopic (exact) mass is 308 g/mol. The maximum atomic E-state index is 10.7. The maximum Gasteiger partial charge on any atom is 0.231 e. The molecule has 1 aromatic rings. The number of rotatable bonds is 5. The summed E-state index contributed by atoms with van der Waals surface area (Å²) in [7, 11) is 0. The van der Waals surface area contributed by atoms with Gasteiger partial charge in [-0.05, 0) is 38.5 Å². The highest BCUT2D eigenvalue weighted by molar-refractivity contribution is 5.44. The largest absolute Gasteiger partial charge is 0.454 e. The zero-order valence-corrected chi connectivity index (χ0v) is 13.4. The van der Waals surface area contributed by atoms with Gasteiger partial charge in [0.05, 0.1) is 24.4 Å². The molecule has 2 heterocycles. The number of fused-ring (bicyclic) bond motifs is 1. The van der Waals surface area contributed by atoms with Gasteiger partial charge in [-0.25, -0.2) is 0 Å². The van der Waals surface area contributed by atoms with E-state index in [-0.39, 0.29) is 5.60 Å². The molecule has 0 spiro atoms. The van der Waals surface area contributed by atoms with Crippen LogP contribution in [0.5, 0.6) is 11.5 Å². The van der Waals surface area contributed by atoms with E-state index in [2.05, 4.69) is 11.4 Å². The lowest BCUT2D eigenvalue weighted by atomic mass is 9.82. The quantitative estimate of drug-likeness (QED) is 0.802. The lowest BCUT2D eigenvalue weighted by molar-refractivity contribution is -0.672. The molecule has 1 atom stereocenters. The van der Waals surface area contributed by atoms with Gasteiger partial charge in [0.1, 0.15) is 6.54 Å². The number of hydrogen-bond acceptors (Lipinski definition) is 4. The van der Waals surface area contributed by atoms with Gasteiger partial charge in [0.25, 0.3) is 0 Å². The molecule has 2 aliphatic rings. The van der Waals surface area contributed by atoms with E-state index in [0.717, 1.165) is 37.4 Å². The summed E-state index contributed by atoms with van der Waals surface area (Å²) in [6.45, 7) is 6.84. The third-order valence-corrected chi connectivity index (χ3v) is 4.45. The molecule has 22 heavy (non-hydrogen) atoms. The smallest absolute Gasteiger partial charge is 0.231 e. The minimum Gasteiger partial charge on any atom is -0.454 e. The average molecular weight is 308 g/mol. The van der Waals surface area contributed by atoms with Crippen molar-refractivity contribution in [2.75, 3.05) is 19.9 Å². The molecule has 0 aromatic heterocycles. The van der Waals surface area contributed by atoms with Crippen molar-refractivity contribution in [2.24, 2.45) is 0 Å². The predicted molar refractivity (Wildman–Crippen MR) is 81.9 cm³/mol. The molecule has 2 aliphatic heterocycles. The van der Waals surface area contributed by atoms with E-state index in [4.69, 9.17) is 14.2 Å². The van der Waals surface area contributed by atoms with E-state index in [9.17, 15) is 5.11 Å². The maximum absolute atomic E-state index is 10.7. The van der Waals surface area contributed by atoms with Crippen molar-refractivity contribution in [3.63, 3.8) is 0 Å². The Hall–Kier alpha value is -1.30. The Bertz CT molecular complexity index is 531. The number of ether oxygens (including phenoxy) is 3. The molecule has 0 radical (unpaired) electrons. The topological polar surface area (TPSA) is 64.5 Å². The molecule has 5 heteroatoms. The molecule has 3 rings (SSSR count). The van der Waals surface area contributed by atoms with Crippen molar-refractivity contribution < 1.29 is 24.6 Å². The molecule has 0 unspecified atom stereocenters. The van der Waals surface area contributed by atoms with Crippen LogP contribution in [0.4, 0.5) is 0 Å². The number of aliphatic hydroxyl groups is 1. The molecule has 0 saturated carbocycles. The Labute approximate surface area is 131 Å². The summed E-state index contributed by atoms with van der Waals surface area (Å²) in [4.78, 5) is 0. The summed E-state index contributed by atoms with van der Waals surface area (Å²) < 4.78 is 16.4. The highest BCUT2D eigenvalue weighted by atomic mass is 16.7. The van der Waals surface area contributed by atoms with Gasteiger partial charge in [-0.3, -0.25) is 0 Å². The zero-order valence-electron chi connectivity index (χ0n) is 13.4. The van der Waals surface area contributed by atoms with E-state index in [1.165, 1.54) is 5.56 Å². The summed E-state index contributed by atoms with van der Waals surface area (Å²) in [5, 5.41) is 12.9. The zero-order chi connectivity index (χ0) is 15.6. The molecule has 0 amide bonds. The van der Waals surface area contributed by atoms with E-state index < -0.39 is 5.60 Å². The molecule has 0 aliphatic carbocycles. The Morgan fingerprint density at radius 2 is 2.05 bits per heavy atom. The van der Waals surface area contributed by atoms with Crippen LogP contribution in [-0.4, -0.2) is 36.3 Å². The second kappa shape index (κ2) is 6.07. The van der Waals surface area contributed by atoms with E-state index >= 15 is 0 Å². The summed E-state index contributed by atoms with van der Waals surface area (Å²) in [5.41, 5.74) is 0.404. The predicted octanol–water partition coefficient (Wildman–Crippen LogP) is 1.19. The van der Waals surface area contributed by atoms with E-state index in [0.29, 0.717) is 19.8 Å². The fourth-order valence-electron chi connectivity index (χ4n) is 3.37. The Morgan fingerprint density at radius 3 is 2.86 bits per heavy atom. The van der Waals surface area contributed by atoms with Crippen LogP contribution in [0.15, 0.2) is 18.2 Å². The van der Waals surface area contributed by atoms with Gasteiger partial charge < -0.3 is 24.6 Å². The third-order valence-electron chi connectivity index (χ3n) is 4.45. The van der Waals surface area contributed by atoms with Crippen LogP contribution >= 0.6 is 0 Å². The molecule has 1 saturated heterocycles. The average Bonchev–Trinajstić information content (AvgIpc) is 2.89. The molecular formula is C17H26NO4+. The molecule has 3 N–H and O–H groups in total. The molecule has 1 fully saturated rings. The lowest BCUT2D eigenvalue weighted by Crippen LogP contribution is -2.83. The summed E-state index contributed by atoms with van der Waals surface area (Å²) in [6.07, 6.45) is 2.23. The molecule has 122 valence electrons. The molecule has 0 bridgehead atoms. The van der Waals surface area contributed by atoms with Crippen LogP contribution in [-0.2, 0) is 11.3 Å². The van der Waals surface area contributed by atoms with Gasteiger partial charge in [-0.2, -0.15) is 0 Å². The van der Waals surface area contributed by atoms with E-state index in [1.54, 1.807) is 0 Å². The van der Waals surface area contributed by atoms with Crippen molar-refractivity contribution in [3.05, 3.63) is 23.8 Å². The van der Waals surface area contributed by atoms with Crippen LogP contribution in [0, 0.1) is 0 Å². The van der Waals surface area contributed by atoms with Crippen LogP contribution in [0.3, 0.4) is 0 Å². The highest BCUT2D eigenvalue weighted by Crippen LogP contribution is 2.34. The van der Waals surface area contributed by atoms with Gasteiger partial charge >= 0.3 is 0 Å². The molecule has 5 nitrogen and oxygen atoms in total. The van der Waals surface area contributed by atoms with Gasteiger partial charge in [0.15, 0.2) is 11.5 Å². The number of nitrogens with two attached hydrogens (primary N) is 1. The van der Waals surface area contributed by atoms with Crippen molar-refractivity contribution in [1.29, 1.82) is 0 Å². The number of benzene rings is 1.